The minimum absolute atomic E-state index is 0.984. The van der Waals surface area contributed by atoms with E-state index in [0.717, 1.165) is 11.4 Å². The summed E-state index contributed by atoms with van der Waals surface area (Å²) in [5.41, 5.74) is 2.03. The van der Waals surface area contributed by atoms with Gasteiger partial charge < -0.3 is 0 Å². The lowest BCUT2D eigenvalue weighted by molar-refractivity contribution is 1.23. The molecule has 0 N–H and O–H groups in total. The van der Waals surface area contributed by atoms with E-state index in [4.69, 9.17) is 0 Å². The summed E-state index contributed by atoms with van der Waals surface area (Å²) in [4.78, 5) is 4.11. The quantitative estimate of drug-likeness (QED) is 0.566. The van der Waals surface area contributed by atoms with E-state index >= 15 is 0 Å². The van der Waals surface area contributed by atoms with Gasteiger partial charge in [0.1, 0.15) is 0 Å². The molecule has 0 aromatic rings. The van der Waals surface area contributed by atoms with Gasteiger partial charge in [-0.25, -0.2) is 0 Å². The van der Waals surface area contributed by atoms with Crippen LogP contribution < -0.4 is 0 Å². The van der Waals surface area contributed by atoms with Gasteiger partial charge in [-0.15, -0.1) is 0 Å². The molecule has 0 atom stereocenters. The lowest BCUT2D eigenvalue weighted by Gasteiger charge is -2.01. The molecule has 0 bridgehead atoms. The van der Waals surface area contributed by atoms with E-state index < -0.39 is 0 Å². The van der Waals surface area contributed by atoms with Gasteiger partial charge in [0.2, 0.25) is 0 Å². The number of aromatic nitrogens is 2. The van der Waals surface area contributed by atoms with Crippen molar-refractivity contribution in [2.24, 2.45) is 0 Å². The van der Waals surface area contributed by atoms with E-state index in [2.05, 4.69) is 17.8 Å². The lowest BCUT2D eigenvalue weighted by atomic mass is 10.3. The predicted octanol–water partition coefficient (Wildman–Crippen LogP) is 1.68. The number of hydrogen-bond donors (Lipinski definition) is 1. The number of pyridine rings is 1. The summed E-state index contributed by atoms with van der Waals surface area (Å²) >= 11 is 4.19. The largest absolute Gasteiger partial charge is 0.292 e. The Bertz CT molecular complexity index is 315. The maximum absolute atomic E-state index is 4.19. The third-order valence-electron chi connectivity index (χ3n) is 1.44. The summed E-state index contributed by atoms with van der Waals surface area (Å²) in [7, 11) is 0. The Labute approximate surface area is 64.4 Å². The van der Waals surface area contributed by atoms with Crippen molar-refractivity contribution < 1.29 is 0 Å². The highest BCUT2D eigenvalue weighted by atomic mass is 32.1. The molecular weight excluding hydrogens is 144 g/mol. The van der Waals surface area contributed by atoms with Crippen molar-refractivity contribution in [1.82, 2.24) is 8.96 Å². The molecule has 2 nitrogen and oxygen atoms in total. The van der Waals surface area contributed by atoms with Gasteiger partial charge in [-0.3, -0.25) is 8.96 Å². The molecule has 2 heterocycles. The Morgan fingerprint density at radius 2 is 2.30 bits per heavy atom. The molecule has 0 aliphatic carbocycles. The maximum Gasteiger partial charge on any atom is 0.0876 e. The van der Waals surface area contributed by atoms with Crippen LogP contribution in [-0.2, 0) is 0 Å². The molecule has 0 fully saturated rings. The van der Waals surface area contributed by atoms with Crippen molar-refractivity contribution in [3.63, 3.8) is 0 Å². The van der Waals surface area contributed by atoms with Crippen molar-refractivity contribution >= 4 is 12.8 Å². The molecule has 0 spiro atoms. The maximum atomic E-state index is 4.19. The summed E-state index contributed by atoms with van der Waals surface area (Å²) in [6.45, 7) is 0. The second-order valence-corrected chi connectivity index (χ2v) is 2.50. The molecule has 3 heteroatoms. The average molecular weight is 150 g/mol. The van der Waals surface area contributed by atoms with E-state index in [1.807, 2.05) is 24.4 Å². The lowest BCUT2D eigenvalue weighted by Crippen LogP contribution is -1.87. The molecule has 0 unspecified atom stereocenters. The van der Waals surface area contributed by atoms with Crippen LogP contribution in [0.3, 0.4) is 0 Å². The molecule has 50 valence electrons. The molecule has 0 amide bonds. The summed E-state index contributed by atoms with van der Waals surface area (Å²) in [5.74, 6) is 0. The molecule has 0 aromatic carbocycles. The van der Waals surface area contributed by atoms with Gasteiger partial charge in [-0.05, 0) is 18.2 Å². The van der Waals surface area contributed by atoms with E-state index in [1.54, 1.807) is 10.2 Å². The van der Waals surface area contributed by atoms with E-state index in [0.29, 0.717) is 0 Å². The molecule has 0 radical (unpaired) electrons. The number of hydrogen-bond acceptors (Lipinski definition) is 2. The normalized spacial score (nSPS) is 10.5. The molecule has 10 heavy (non-hydrogen) atoms. The zero-order chi connectivity index (χ0) is 6.97. The fraction of sp³-hybridized carbons (Fsp3) is 0. The molecular formula is C7H6N2S. The third-order valence-corrected chi connectivity index (χ3v) is 1.79. The van der Waals surface area contributed by atoms with Gasteiger partial charge in [-0.2, -0.15) is 0 Å². The molecule has 2 aliphatic rings. The Morgan fingerprint density at radius 1 is 1.40 bits per heavy atom. The van der Waals surface area contributed by atoms with Crippen LogP contribution >= 0.6 is 12.8 Å². The van der Waals surface area contributed by atoms with Crippen LogP contribution in [0.1, 0.15) is 0 Å². The summed E-state index contributed by atoms with van der Waals surface area (Å²) < 4.78 is 1.75. The van der Waals surface area contributed by atoms with Crippen molar-refractivity contribution in [3.05, 3.63) is 30.6 Å². The number of rotatable bonds is 0. The van der Waals surface area contributed by atoms with Gasteiger partial charge in [0.05, 0.1) is 11.4 Å². The average Bonchev–Trinajstić information content (AvgIpc) is 2.36. The van der Waals surface area contributed by atoms with Gasteiger partial charge in [0.25, 0.3) is 0 Å². The Kier molecular flexibility index (Phi) is 1.17. The Morgan fingerprint density at radius 3 is 3.10 bits per heavy atom. The fourth-order valence-corrected chi connectivity index (χ4v) is 1.20. The molecule has 2 rings (SSSR count). The minimum Gasteiger partial charge on any atom is -0.292 e. The Balaban J connectivity index is 2.80. The Hall–Kier alpha value is -0.960. The summed E-state index contributed by atoms with van der Waals surface area (Å²) in [6, 6.07) is 5.81. The fourth-order valence-electron chi connectivity index (χ4n) is 0.958. The molecule has 0 saturated carbocycles. The van der Waals surface area contributed by atoms with Crippen molar-refractivity contribution in [1.29, 1.82) is 0 Å². The highest BCUT2D eigenvalue weighted by Crippen LogP contribution is 2.19. The van der Waals surface area contributed by atoms with Gasteiger partial charge >= 0.3 is 0 Å². The predicted molar refractivity (Wildman–Crippen MR) is 43.2 cm³/mol. The second-order valence-electron chi connectivity index (χ2n) is 2.07. The number of fused-ring (bicyclic) bond motifs is 1. The molecule has 0 saturated heterocycles. The molecule has 0 aromatic heterocycles. The molecule has 2 aliphatic heterocycles. The highest BCUT2D eigenvalue weighted by Gasteiger charge is 2.02. The van der Waals surface area contributed by atoms with Crippen LogP contribution in [0.25, 0.3) is 11.4 Å². The zero-order valence-corrected chi connectivity index (χ0v) is 6.12. The summed E-state index contributed by atoms with van der Waals surface area (Å²) in [5, 5.41) is 0. The van der Waals surface area contributed by atoms with Crippen LogP contribution in [0.4, 0.5) is 0 Å². The summed E-state index contributed by atoms with van der Waals surface area (Å²) in [6.07, 6.45) is 3.66. The van der Waals surface area contributed by atoms with Crippen LogP contribution in [0.5, 0.6) is 0 Å². The monoisotopic (exact) mass is 150 g/mol. The minimum atomic E-state index is 0.984. The second kappa shape index (κ2) is 2.02. The van der Waals surface area contributed by atoms with Crippen LogP contribution in [0, 0.1) is 0 Å². The van der Waals surface area contributed by atoms with Gasteiger partial charge in [0.15, 0.2) is 0 Å². The standard InChI is InChI=1S/C7H6N2S/c10-9-5-1-2-6-7(9)3-4-8-6/h1-5,10H. The number of nitrogens with zero attached hydrogens (tertiary/aromatic N) is 2. The van der Waals surface area contributed by atoms with E-state index in [9.17, 15) is 0 Å². The highest BCUT2D eigenvalue weighted by molar-refractivity contribution is 7.78. The number of thiol groups is 1. The van der Waals surface area contributed by atoms with Crippen molar-refractivity contribution in [3.8, 4) is 11.4 Å². The third kappa shape index (κ3) is 0.708. The van der Waals surface area contributed by atoms with Gasteiger partial charge in [0, 0.05) is 12.4 Å². The van der Waals surface area contributed by atoms with E-state index in [1.165, 1.54) is 0 Å². The van der Waals surface area contributed by atoms with Crippen molar-refractivity contribution in [2.75, 3.05) is 0 Å². The van der Waals surface area contributed by atoms with Crippen LogP contribution in [0.2, 0.25) is 0 Å². The van der Waals surface area contributed by atoms with E-state index in [-0.39, 0.29) is 0 Å². The van der Waals surface area contributed by atoms with Gasteiger partial charge in [-0.1, -0.05) is 12.8 Å². The first-order valence-corrected chi connectivity index (χ1v) is 3.39. The van der Waals surface area contributed by atoms with Crippen molar-refractivity contribution in [2.45, 2.75) is 0 Å². The van der Waals surface area contributed by atoms with Crippen LogP contribution in [0.15, 0.2) is 30.6 Å². The first-order valence-electron chi connectivity index (χ1n) is 2.99. The SMILES string of the molecule is Sn1cccc2nccc1-2. The zero-order valence-electron chi connectivity index (χ0n) is 5.23. The topological polar surface area (TPSA) is 17.8 Å². The van der Waals surface area contributed by atoms with Crippen LogP contribution in [-0.4, -0.2) is 8.96 Å². The smallest absolute Gasteiger partial charge is 0.0876 e. The first-order chi connectivity index (χ1) is 4.88. The first kappa shape index (κ1) is 5.80.